The summed E-state index contributed by atoms with van der Waals surface area (Å²) < 4.78 is 32.2. The number of hydrogen-bond acceptors (Lipinski definition) is 6. The van der Waals surface area contributed by atoms with Crippen molar-refractivity contribution in [2.75, 3.05) is 12.9 Å². The van der Waals surface area contributed by atoms with Gasteiger partial charge >= 0.3 is 16.1 Å². The van der Waals surface area contributed by atoms with Crippen LogP contribution in [0.15, 0.2) is 77.7 Å². The molecule has 0 spiro atoms. The van der Waals surface area contributed by atoms with Gasteiger partial charge in [0.2, 0.25) is 0 Å². The Hall–Kier alpha value is -2.97. The molecule has 0 amide bonds. The van der Waals surface area contributed by atoms with Crippen molar-refractivity contribution in [3.05, 3.63) is 78.4 Å². The zero-order valence-electron chi connectivity index (χ0n) is 18.6. The summed E-state index contributed by atoms with van der Waals surface area (Å²) in [6.45, 7) is 3.88. The molecule has 3 aromatic carbocycles. The van der Waals surface area contributed by atoms with Gasteiger partial charge in [0.15, 0.2) is 0 Å². The lowest BCUT2D eigenvalue weighted by Gasteiger charge is -2.18. The Morgan fingerprint density at radius 1 is 0.879 bits per heavy atom. The van der Waals surface area contributed by atoms with Gasteiger partial charge < -0.3 is 14.0 Å². The Balaban J connectivity index is 1.51. The average molecular weight is 487 g/mol. The Morgan fingerprint density at radius 2 is 1.39 bits per heavy atom. The average Bonchev–Trinajstić information content (AvgIpc) is 2.75. The number of hydrogen-bond donors (Lipinski definition) is 1. The van der Waals surface area contributed by atoms with Crippen molar-refractivity contribution >= 4 is 27.8 Å². The maximum atomic E-state index is 11.3. The Labute approximate surface area is 198 Å². The van der Waals surface area contributed by atoms with E-state index in [1.807, 2.05) is 60.7 Å². The number of thioether (sulfide) groups is 1. The molecule has 0 aliphatic heterocycles. The van der Waals surface area contributed by atoms with Crippen LogP contribution in [-0.4, -0.2) is 37.1 Å². The lowest BCUT2D eigenvalue weighted by atomic mass is 10.0. The fourth-order valence-corrected chi connectivity index (χ4v) is 4.38. The number of carbonyl (C=O) groups is 1. The summed E-state index contributed by atoms with van der Waals surface area (Å²) >= 11 is 1.30. The Bertz CT molecular complexity index is 1180. The summed E-state index contributed by atoms with van der Waals surface area (Å²) in [7, 11) is -3.54. The van der Waals surface area contributed by atoms with E-state index in [9.17, 15) is 18.3 Å². The van der Waals surface area contributed by atoms with Gasteiger partial charge in [0.1, 0.15) is 16.2 Å². The number of carboxylic acids is 1. The van der Waals surface area contributed by atoms with Crippen LogP contribution in [0.3, 0.4) is 0 Å². The van der Waals surface area contributed by atoms with Crippen molar-refractivity contribution in [1.29, 1.82) is 0 Å². The normalized spacial score (nSPS) is 11.7. The Kier molecular flexibility index (Phi) is 7.71. The minimum absolute atomic E-state index is 0.284. The number of benzene rings is 3. The summed E-state index contributed by atoms with van der Waals surface area (Å²) in [5, 5.41) is 9.24. The molecule has 0 aliphatic rings. The van der Waals surface area contributed by atoms with E-state index in [4.69, 9.17) is 8.92 Å². The first-order chi connectivity index (χ1) is 15.5. The van der Waals surface area contributed by atoms with Crippen LogP contribution in [-0.2, 0) is 21.3 Å². The second-order valence-electron chi connectivity index (χ2n) is 8.00. The molecule has 33 heavy (non-hydrogen) atoms. The van der Waals surface area contributed by atoms with E-state index in [2.05, 4.69) is 0 Å². The number of ether oxygens (including phenoxy) is 1. The summed E-state index contributed by atoms with van der Waals surface area (Å²) in [5.41, 5.74) is 3.11. The molecule has 0 fully saturated rings. The zero-order valence-corrected chi connectivity index (χ0v) is 20.3. The molecule has 0 aliphatic carbocycles. The predicted octanol–water partition coefficient (Wildman–Crippen LogP) is 5.27. The van der Waals surface area contributed by atoms with Gasteiger partial charge in [0.05, 0.1) is 12.9 Å². The summed E-state index contributed by atoms with van der Waals surface area (Å²) in [6, 6.07) is 22.4. The first-order valence-corrected chi connectivity index (χ1v) is 12.9. The van der Waals surface area contributed by atoms with Crippen LogP contribution < -0.4 is 8.92 Å². The minimum Gasteiger partial charge on any atom is -0.493 e. The molecule has 8 heteroatoms. The lowest BCUT2D eigenvalue weighted by Crippen LogP contribution is -2.26. The van der Waals surface area contributed by atoms with Crippen molar-refractivity contribution in [3.63, 3.8) is 0 Å². The van der Waals surface area contributed by atoms with Crippen LogP contribution in [0.25, 0.3) is 11.1 Å². The van der Waals surface area contributed by atoms with E-state index in [-0.39, 0.29) is 5.75 Å². The molecule has 0 saturated heterocycles. The predicted molar refractivity (Wildman–Crippen MR) is 131 cm³/mol. The second-order valence-corrected chi connectivity index (χ2v) is 11.3. The second kappa shape index (κ2) is 10.3. The SMILES string of the molecule is CC(C)(Sc1ccc(OCCc2ccc(-c3ccc(OS(C)(=O)=O)cc3)cc2)cc1)C(=O)O. The fraction of sp³-hybridized carbons (Fsp3) is 0.240. The fourth-order valence-electron chi connectivity index (χ4n) is 2.97. The maximum Gasteiger partial charge on any atom is 0.319 e. The molecule has 0 unspecified atom stereocenters. The molecular weight excluding hydrogens is 460 g/mol. The third kappa shape index (κ3) is 7.54. The van der Waals surface area contributed by atoms with Crippen LogP contribution in [0, 0.1) is 0 Å². The summed E-state index contributed by atoms with van der Waals surface area (Å²) in [5.74, 6) is 0.171. The molecule has 0 bridgehead atoms. The molecule has 0 radical (unpaired) electrons. The summed E-state index contributed by atoms with van der Waals surface area (Å²) in [6.07, 6.45) is 1.75. The highest BCUT2D eigenvalue weighted by Gasteiger charge is 2.28. The minimum atomic E-state index is -3.54. The van der Waals surface area contributed by atoms with Gasteiger partial charge in [-0.1, -0.05) is 36.4 Å². The number of carboxylic acid groups (broad SMARTS) is 1. The van der Waals surface area contributed by atoms with Gasteiger partial charge in [-0.05, 0) is 66.9 Å². The molecule has 1 N–H and O–H groups in total. The largest absolute Gasteiger partial charge is 0.493 e. The highest BCUT2D eigenvalue weighted by atomic mass is 32.2. The smallest absolute Gasteiger partial charge is 0.319 e. The molecule has 0 heterocycles. The van der Waals surface area contributed by atoms with Gasteiger partial charge in [-0.2, -0.15) is 8.42 Å². The standard InChI is InChI=1S/C25H26O6S2/c1-25(2,24(26)27)32-23-14-12-21(13-15-23)30-17-16-18-4-6-19(7-5-18)20-8-10-22(11-9-20)31-33(3,28)29/h4-15H,16-17H2,1-3H3,(H,26,27). The molecule has 0 aromatic heterocycles. The third-order valence-electron chi connectivity index (χ3n) is 4.76. The van der Waals surface area contributed by atoms with E-state index < -0.39 is 20.8 Å². The van der Waals surface area contributed by atoms with Gasteiger partial charge in [-0.15, -0.1) is 11.8 Å². The molecular formula is C25H26O6S2. The van der Waals surface area contributed by atoms with Crippen LogP contribution in [0.4, 0.5) is 0 Å². The van der Waals surface area contributed by atoms with Crippen molar-refractivity contribution in [3.8, 4) is 22.6 Å². The molecule has 174 valence electrons. The molecule has 0 atom stereocenters. The van der Waals surface area contributed by atoms with E-state index in [0.717, 1.165) is 40.0 Å². The van der Waals surface area contributed by atoms with E-state index in [1.165, 1.54) is 11.8 Å². The first-order valence-electron chi connectivity index (χ1n) is 10.3. The zero-order chi connectivity index (χ0) is 24.1. The first kappa shape index (κ1) is 24.7. The number of aliphatic carboxylic acids is 1. The molecule has 0 saturated carbocycles. The molecule has 6 nitrogen and oxygen atoms in total. The maximum absolute atomic E-state index is 11.3. The molecule has 3 rings (SSSR count). The highest BCUT2D eigenvalue weighted by Crippen LogP contribution is 2.33. The van der Waals surface area contributed by atoms with E-state index >= 15 is 0 Å². The van der Waals surface area contributed by atoms with Gasteiger partial charge in [0, 0.05) is 11.3 Å². The number of rotatable bonds is 10. The monoisotopic (exact) mass is 486 g/mol. The topological polar surface area (TPSA) is 89.9 Å². The van der Waals surface area contributed by atoms with Crippen molar-refractivity contribution in [2.45, 2.75) is 29.9 Å². The van der Waals surface area contributed by atoms with Crippen LogP contribution in [0.5, 0.6) is 11.5 Å². The van der Waals surface area contributed by atoms with Crippen LogP contribution in [0.1, 0.15) is 19.4 Å². The van der Waals surface area contributed by atoms with Crippen molar-refractivity contribution < 1.29 is 27.2 Å². The third-order valence-corrected chi connectivity index (χ3v) is 6.45. The van der Waals surface area contributed by atoms with E-state index in [0.29, 0.717) is 6.61 Å². The van der Waals surface area contributed by atoms with Gasteiger partial charge in [-0.25, -0.2) is 0 Å². The van der Waals surface area contributed by atoms with Gasteiger partial charge in [-0.3, -0.25) is 4.79 Å². The lowest BCUT2D eigenvalue weighted by molar-refractivity contribution is -0.138. The van der Waals surface area contributed by atoms with Crippen LogP contribution >= 0.6 is 11.8 Å². The van der Waals surface area contributed by atoms with Crippen molar-refractivity contribution in [2.24, 2.45) is 0 Å². The molecule has 3 aromatic rings. The summed E-state index contributed by atoms with van der Waals surface area (Å²) in [4.78, 5) is 12.1. The van der Waals surface area contributed by atoms with Crippen LogP contribution in [0.2, 0.25) is 0 Å². The quantitative estimate of drug-likeness (QED) is 0.308. The van der Waals surface area contributed by atoms with Crippen molar-refractivity contribution in [1.82, 2.24) is 0 Å². The Morgan fingerprint density at radius 3 is 1.91 bits per heavy atom. The van der Waals surface area contributed by atoms with E-state index in [1.54, 1.807) is 26.0 Å². The van der Waals surface area contributed by atoms with Gasteiger partial charge in [0.25, 0.3) is 0 Å². The highest BCUT2D eigenvalue weighted by molar-refractivity contribution is 8.01.